The van der Waals surface area contributed by atoms with Crippen molar-refractivity contribution in [3.8, 4) is 5.75 Å². The van der Waals surface area contributed by atoms with Gasteiger partial charge in [0.25, 0.3) is 0 Å². The largest absolute Gasteiger partial charge is 0.486 e. The lowest BCUT2D eigenvalue weighted by Crippen LogP contribution is -2.57. The van der Waals surface area contributed by atoms with Crippen LogP contribution in [0.4, 0.5) is 29.3 Å². The van der Waals surface area contributed by atoms with Crippen LogP contribution in [0, 0.1) is 0 Å². The summed E-state index contributed by atoms with van der Waals surface area (Å²) >= 11 is 0. The molecule has 0 saturated carbocycles. The molecule has 0 radical (unpaired) electrons. The van der Waals surface area contributed by atoms with Gasteiger partial charge in [0, 0.05) is 5.41 Å². The van der Waals surface area contributed by atoms with Gasteiger partial charge in [0.1, 0.15) is 17.4 Å². The number of benzene rings is 1. The van der Waals surface area contributed by atoms with Crippen LogP contribution in [0.3, 0.4) is 0 Å². The quantitative estimate of drug-likeness (QED) is 0.643. The maximum atomic E-state index is 13.4. The summed E-state index contributed by atoms with van der Waals surface area (Å²) in [5.74, 6) is -0.0587. The van der Waals surface area contributed by atoms with E-state index in [1.807, 2.05) is 13.8 Å². The standard InChI is InChI=1S/C19H23F3N4O5/c1-17(2,14-24-25-15(27)31-14)8-11-9-23-12-7-10(5-6-13(12)30-11)26(16(28)29)18(3,4)19(20,21)22/h5-7,11,23H,8-9H2,1-4H3,(H,25,27)(H,28,29). The van der Waals surface area contributed by atoms with Crippen LogP contribution in [0.2, 0.25) is 0 Å². The van der Waals surface area contributed by atoms with Crippen LogP contribution < -0.4 is 20.7 Å². The Balaban J connectivity index is 1.82. The summed E-state index contributed by atoms with van der Waals surface area (Å²) in [5, 5.41) is 18.6. The number of rotatable bonds is 5. The molecule has 2 heterocycles. The lowest BCUT2D eigenvalue weighted by Gasteiger charge is -2.38. The number of aromatic amines is 1. The Bertz CT molecular complexity index is 1030. The molecule has 0 spiro atoms. The molecule has 0 aliphatic carbocycles. The first-order valence-electron chi connectivity index (χ1n) is 9.43. The third-order valence-corrected chi connectivity index (χ3v) is 5.23. The van der Waals surface area contributed by atoms with E-state index in [4.69, 9.17) is 9.15 Å². The van der Waals surface area contributed by atoms with E-state index in [1.165, 1.54) is 18.2 Å². The predicted octanol–water partition coefficient (Wildman–Crippen LogP) is 3.73. The first kappa shape index (κ1) is 22.5. The van der Waals surface area contributed by atoms with Gasteiger partial charge >= 0.3 is 18.0 Å². The number of carboxylic acid groups (broad SMARTS) is 1. The molecule has 1 aromatic heterocycles. The Kier molecular flexibility index (Phi) is 5.45. The minimum absolute atomic E-state index is 0.137. The van der Waals surface area contributed by atoms with Crippen LogP contribution >= 0.6 is 0 Å². The number of nitrogens with one attached hydrogen (secondary N) is 2. The minimum Gasteiger partial charge on any atom is -0.486 e. The molecule has 1 atom stereocenters. The van der Waals surface area contributed by atoms with E-state index in [0.29, 0.717) is 24.4 Å². The van der Waals surface area contributed by atoms with Crippen LogP contribution in [0.5, 0.6) is 5.75 Å². The van der Waals surface area contributed by atoms with Gasteiger partial charge in [-0.1, -0.05) is 13.8 Å². The van der Waals surface area contributed by atoms with Crippen molar-refractivity contribution in [3.63, 3.8) is 0 Å². The minimum atomic E-state index is -4.77. The van der Waals surface area contributed by atoms with Gasteiger partial charge in [-0.25, -0.2) is 14.7 Å². The van der Waals surface area contributed by atoms with Crippen LogP contribution in [-0.4, -0.2) is 45.8 Å². The van der Waals surface area contributed by atoms with Crippen molar-refractivity contribution < 1.29 is 32.2 Å². The Morgan fingerprint density at radius 3 is 2.52 bits per heavy atom. The van der Waals surface area contributed by atoms with E-state index in [0.717, 1.165) is 13.8 Å². The second kappa shape index (κ2) is 7.50. The zero-order valence-corrected chi connectivity index (χ0v) is 17.3. The van der Waals surface area contributed by atoms with Gasteiger partial charge in [-0.2, -0.15) is 13.2 Å². The molecule has 1 unspecified atom stereocenters. The summed E-state index contributed by atoms with van der Waals surface area (Å²) in [6.45, 7) is 5.58. The van der Waals surface area contributed by atoms with E-state index < -0.39 is 29.0 Å². The van der Waals surface area contributed by atoms with Crippen molar-refractivity contribution in [2.45, 2.75) is 57.3 Å². The molecule has 1 aromatic carbocycles. The Labute approximate surface area is 175 Å². The first-order chi connectivity index (χ1) is 14.2. The number of ether oxygens (including phenoxy) is 1. The summed E-state index contributed by atoms with van der Waals surface area (Å²) in [5.41, 5.74) is -3.02. The number of hydrogen-bond acceptors (Lipinski definition) is 6. The summed E-state index contributed by atoms with van der Waals surface area (Å²) in [6, 6.07) is 4.00. The lowest BCUT2D eigenvalue weighted by atomic mass is 9.86. The van der Waals surface area contributed by atoms with E-state index in [2.05, 4.69) is 15.5 Å². The van der Waals surface area contributed by atoms with Crippen molar-refractivity contribution >= 4 is 17.5 Å². The topological polar surface area (TPSA) is 121 Å². The molecular weight excluding hydrogens is 421 g/mol. The van der Waals surface area contributed by atoms with Gasteiger partial charge < -0.3 is 19.6 Å². The third-order valence-electron chi connectivity index (χ3n) is 5.23. The van der Waals surface area contributed by atoms with Gasteiger partial charge in [0.2, 0.25) is 5.89 Å². The maximum absolute atomic E-state index is 13.4. The molecule has 0 fully saturated rings. The van der Waals surface area contributed by atoms with Gasteiger partial charge in [-0.3, -0.25) is 4.90 Å². The molecule has 0 bridgehead atoms. The molecule has 1 amide bonds. The van der Waals surface area contributed by atoms with Crippen LogP contribution in [-0.2, 0) is 5.41 Å². The van der Waals surface area contributed by atoms with Crippen molar-refractivity contribution in [3.05, 3.63) is 34.6 Å². The van der Waals surface area contributed by atoms with Crippen LogP contribution in [0.25, 0.3) is 0 Å². The normalized spacial score (nSPS) is 16.8. The van der Waals surface area contributed by atoms with E-state index in [-0.39, 0.29) is 22.6 Å². The molecule has 9 nitrogen and oxygen atoms in total. The highest BCUT2D eigenvalue weighted by molar-refractivity contribution is 5.89. The van der Waals surface area contributed by atoms with Gasteiger partial charge in [-0.05, 0) is 38.5 Å². The highest BCUT2D eigenvalue weighted by Gasteiger charge is 2.54. The number of nitrogens with zero attached hydrogens (tertiary/aromatic N) is 2. The fraction of sp³-hybridized carbons (Fsp3) is 0.526. The highest BCUT2D eigenvalue weighted by Crippen LogP contribution is 2.41. The number of anilines is 2. The molecule has 3 N–H and O–H groups in total. The van der Waals surface area contributed by atoms with E-state index in [9.17, 15) is 27.9 Å². The molecule has 3 rings (SSSR count). The first-order valence-corrected chi connectivity index (χ1v) is 9.43. The van der Waals surface area contributed by atoms with Gasteiger partial charge in [-0.15, -0.1) is 5.10 Å². The lowest BCUT2D eigenvalue weighted by molar-refractivity contribution is -0.175. The van der Waals surface area contributed by atoms with Crippen molar-refractivity contribution in [2.24, 2.45) is 0 Å². The second-order valence-corrected chi connectivity index (χ2v) is 8.48. The van der Waals surface area contributed by atoms with E-state index >= 15 is 0 Å². The molecule has 2 aromatic rings. The van der Waals surface area contributed by atoms with Crippen LogP contribution in [0.1, 0.15) is 40.0 Å². The second-order valence-electron chi connectivity index (χ2n) is 8.48. The predicted molar refractivity (Wildman–Crippen MR) is 105 cm³/mol. The zero-order chi connectivity index (χ0) is 23.2. The monoisotopic (exact) mass is 444 g/mol. The number of carbonyl (C=O) groups is 1. The number of fused-ring (bicyclic) bond motifs is 1. The molecule has 12 heteroatoms. The van der Waals surface area contributed by atoms with Crippen LogP contribution in [0.15, 0.2) is 27.4 Å². The number of alkyl halides is 3. The Morgan fingerprint density at radius 2 is 1.97 bits per heavy atom. The van der Waals surface area contributed by atoms with Gasteiger partial charge in [0.15, 0.2) is 0 Å². The number of aromatic nitrogens is 2. The molecular formula is C19H23F3N4O5. The van der Waals surface area contributed by atoms with Gasteiger partial charge in [0.05, 0.1) is 17.9 Å². The molecule has 31 heavy (non-hydrogen) atoms. The van der Waals surface area contributed by atoms with E-state index in [1.54, 1.807) is 0 Å². The molecule has 0 saturated heterocycles. The molecule has 170 valence electrons. The number of halogens is 3. The van der Waals surface area contributed by atoms with Crippen molar-refractivity contribution in [1.82, 2.24) is 10.2 Å². The SMILES string of the molecule is CC(C)(CC1CNc2cc(N(C(=O)O)C(C)(C)C(F)(F)F)ccc2O1)c1n[nH]c(=O)o1. The number of hydrogen-bond donors (Lipinski definition) is 3. The Hall–Kier alpha value is -3.18. The Morgan fingerprint density at radius 1 is 1.29 bits per heavy atom. The average molecular weight is 444 g/mol. The summed E-state index contributed by atoms with van der Waals surface area (Å²) in [7, 11) is 0. The fourth-order valence-electron chi connectivity index (χ4n) is 3.43. The molecule has 1 aliphatic rings. The molecule has 1 aliphatic heterocycles. The third kappa shape index (κ3) is 4.32. The average Bonchev–Trinajstić information content (AvgIpc) is 3.07. The number of H-pyrrole nitrogens is 1. The highest BCUT2D eigenvalue weighted by atomic mass is 19.4. The smallest absolute Gasteiger partial charge is 0.434 e. The van der Waals surface area contributed by atoms with Crippen molar-refractivity contribution in [2.75, 3.05) is 16.8 Å². The van der Waals surface area contributed by atoms with Crippen molar-refractivity contribution in [1.29, 1.82) is 0 Å². The summed E-state index contributed by atoms with van der Waals surface area (Å²) in [4.78, 5) is 23.1. The summed E-state index contributed by atoms with van der Waals surface area (Å²) < 4.78 is 51.3. The number of amides is 1. The maximum Gasteiger partial charge on any atom is 0.434 e. The summed E-state index contributed by atoms with van der Waals surface area (Å²) in [6.07, 6.45) is -6.42. The zero-order valence-electron chi connectivity index (χ0n) is 17.3. The fourth-order valence-corrected chi connectivity index (χ4v) is 3.43.